The number of hydrogen-bond donors (Lipinski definition) is 8. The number of allylic oxidation sites excluding steroid dienone is 2. The highest BCUT2D eigenvalue weighted by atomic mass is 35.5. The van der Waals surface area contributed by atoms with Crippen LogP contribution in [0.25, 0.3) is 37.8 Å². The maximum Gasteiger partial charge on any atom is 0.343 e. The minimum Gasteiger partial charge on any atom is -0.748 e. The van der Waals surface area contributed by atoms with Crippen molar-refractivity contribution in [2.24, 2.45) is 4.99 Å². The van der Waals surface area contributed by atoms with Crippen LogP contribution in [0.1, 0.15) is 109 Å². The number of anilines is 7. The van der Waals surface area contributed by atoms with E-state index in [0.29, 0.717) is 60.1 Å². The van der Waals surface area contributed by atoms with E-state index in [1.807, 2.05) is 114 Å². The van der Waals surface area contributed by atoms with Crippen molar-refractivity contribution in [3.63, 3.8) is 0 Å². The van der Waals surface area contributed by atoms with Crippen molar-refractivity contribution in [3.05, 3.63) is 300 Å². The summed E-state index contributed by atoms with van der Waals surface area (Å²) in [5.74, 6) is -2.70. The number of nitrogens with one attached hydrogen (secondary N) is 6. The SMILES string of the molecule is CCC(=C/c1sc2ccc3ccccc3c2[n+]1CCCS(=O)(=O)[O-])/C=C1/Sc2ccc3ccccc3c2N1CCCS(=O)(=O)O.CCC(Oc1ccc(C)cc1C)C(=O)Nc1ccccc1SC1C(=O)N(c2c(Cl)c(Cl)c(Cl)c(Cl)c2Cl)NC1=Nc1cc(NC(=O)c2c(Cl)cccc2Cl)ccc1Cl.CCCCC(Oc1ccc(C)cc1C)C(=O)Nc1cc(O)c(NC(=O)Nc2ccc(Cl)c(C#N)c2)cc1OCC(=O)OC. The Morgan fingerprint density at radius 1 is 0.630 bits per heavy atom. The van der Waals surface area contributed by atoms with Crippen molar-refractivity contribution in [1.82, 2.24) is 5.43 Å². The number of benzene rings is 12. The number of amidine groups is 1. The Morgan fingerprint density at radius 2 is 1.24 bits per heavy atom. The number of aryl methyl sites for hydroxylation is 5. The number of rotatable bonds is 34. The van der Waals surface area contributed by atoms with E-state index < -0.39 is 91.4 Å². The van der Waals surface area contributed by atoms with Crippen molar-refractivity contribution in [3.8, 4) is 29.1 Å². The van der Waals surface area contributed by atoms with Crippen molar-refractivity contribution >= 4 is 284 Å². The predicted molar refractivity (Wildman–Crippen MR) is 587 cm³/mol. The molecule has 3 heterocycles. The first-order valence-electron chi connectivity index (χ1n) is 45.2. The quantitative estimate of drug-likeness (QED) is 0.00464. The molecule has 0 bridgehead atoms. The smallest absolute Gasteiger partial charge is 0.343 e. The van der Waals surface area contributed by atoms with E-state index in [-0.39, 0.29) is 115 Å². The van der Waals surface area contributed by atoms with Gasteiger partial charge in [0.2, 0.25) is 5.52 Å². The van der Waals surface area contributed by atoms with Gasteiger partial charge in [0.25, 0.3) is 38.8 Å². The average Bonchev–Trinajstić information content (AvgIpc) is 1.61. The minimum absolute atomic E-state index is 0.0223. The van der Waals surface area contributed by atoms with Crippen LogP contribution < -0.4 is 60.7 Å². The number of aromatic hydroxyl groups is 1. The fourth-order valence-corrected chi connectivity index (χ4v) is 22.1. The van der Waals surface area contributed by atoms with Crippen LogP contribution in [0.4, 0.5) is 50.3 Å². The summed E-state index contributed by atoms with van der Waals surface area (Å²) in [6, 6.07) is 60.1. The number of unbranched alkanes of at least 4 members (excludes halogenated alkanes) is 1. The van der Waals surface area contributed by atoms with Crippen molar-refractivity contribution in [1.29, 1.82) is 5.26 Å². The van der Waals surface area contributed by atoms with E-state index in [1.54, 1.807) is 71.6 Å². The van der Waals surface area contributed by atoms with Gasteiger partial charge in [-0.25, -0.2) is 28.0 Å². The molecule has 1 saturated heterocycles. The number of esters is 1. The number of amides is 6. The first-order chi connectivity index (χ1) is 69.6. The first-order valence-corrected chi connectivity index (χ1v) is 54.3. The number of halogens is 9. The number of thioether (sulfide) groups is 2. The van der Waals surface area contributed by atoms with Crippen molar-refractivity contribution in [2.75, 3.05) is 68.3 Å². The molecule has 0 radical (unpaired) electrons. The van der Waals surface area contributed by atoms with E-state index in [0.717, 1.165) is 110 Å². The van der Waals surface area contributed by atoms with Crippen LogP contribution in [0, 0.1) is 39.0 Å². The molecule has 8 N–H and O–H groups in total. The number of phenolic OH excluding ortho intramolecular Hbond substituents is 1. The largest absolute Gasteiger partial charge is 0.748 e. The average molecular weight is 2250 g/mol. The van der Waals surface area contributed by atoms with E-state index in [1.165, 1.54) is 49.6 Å². The van der Waals surface area contributed by atoms with Gasteiger partial charge < -0.3 is 60.1 Å². The number of aliphatic imine (C=N–C) groups is 1. The fraction of sp³-hybridized carbons (Fsp3) is 0.221. The minimum atomic E-state index is -4.34. The second kappa shape index (κ2) is 50.3. The maximum atomic E-state index is 14.5. The number of carbonyl (C=O) groups excluding carboxylic acids is 6. The molecule has 12 aromatic carbocycles. The number of nitrogens with zero attached hydrogens (tertiary/aromatic N) is 5. The molecule has 0 spiro atoms. The Labute approximate surface area is 900 Å². The van der Waals surface area contributed by atoms with Crippen LogP contribution in [-0.4, -0.2) is 122 Å². The van der Waals surface area contributed by atoms with Crippen LogP contribution in [-0.2, 0) is 50.7 Å². The molecular formula is C104H94Cl9N11O17S5. The molecule has 6 amide bonds. The predicted octanol–water partition coefficient (Wildman–Crippen LogP) is 26.6. The molecule has 2 aliphatic heterocycles. The summed E-state index contributed by atoms with van der Waals surface area (Å²) in [6.45, 7) is 14.0. The first kappa shape index (κ1) is 111. The number of methoxy groups -OCH3 is 1. The lowest BCUT2D eigenvalue weighted by Crippen LogP contribution is -2.36. The standard InChI is InChI=1S/C40H29Cl8N5O4S.C33H32N2O6S4.C31H33ClN4O7/c1-4-26(57-27-15-12-18(2)16-19(27)3)38(54)51-24-10-5-6-11-28(24)58-36-37(52-53(40(36)56)35-33(47)31(45)30(44)32(46)34(35)48)50-25-17-20(13-14-21(25)41)49-39(55)29-22(42)8-7-9-23(29)43;1-2-23(21-30-34(17-7-19-44(36,37)38)32-26-11-5-3-9-24(26)13-15-28(32)42-30)22-31-35(18-8-20-45(39,40)41)33-27-12-6-4-10-25(27)14-16-29(33)43-31;1-5-6-7-27(43-26-11-8-18(2)12-19(26)3)30(39)35-24-14-25(37)23(15-28(24)42-17-29(38)41-4)36-31(40)34-21-9-10-22(32)20(13-21)16-33/h5-17,26,36H,4H2,1-3H3,(H,49,55)(H,50,52)(H,51,54);3-6,9-16,21-22H,2,7-8,17-20H2,1H3,(H-,36,37,38,39,40,41);8-15,27,37H,5-7,17H2,1-4H3,(H,35,39)(H2,34,36,40). The molecule has 0 saturated carbocycles. The van der Waals surface area contributed by atoms with Crippen LogP contribution in [0.3, 0.4) is 0 Å². The number of nitriles is 1. The summed E-state index contributed by atoms with van der Waals surface area (Å²) in [6.07, 6.45) is 6.11. The van der Waals surface area contributed by atoms with Crippen molar-refractivity contribution in [2.45, 2.75) is 127 Å². The number of ether oxygens (including phenoxy) is 4. The number of hydrogen-bond acceptors (Lipinski definition) is 22. The summed E-state index contributed by atoms with van der Waals surface area (Å²) in [5.41, 5.74) is 11.2. The van der Waals surface area contributed by atoms with Gasteiger partial charge in [-0.15, -0.1) is 11.8 Å². The molecule has 0 aliphatic carbocycles. The molecule has 1 aromatic heterocycles. The number of aromatic nitrogens is 1. The lowest BCUT2D eigenvalue weighted by molar-refractivity contribution is -0.667. The number of para-hydroxylation sites is 1. The van der Waals surface area contributed by atoms with E-state index in [4.69, 9.17) is 129 Å². The van der Waals surface area contributed by atoms with Gasteiger partial charge in [-0.1, -0.05) is 263 Å². The van der Waals surface area contributed by atoms with Gasteiger partial charge >= 0.3 is 12.0 Å². The lowest BCUT2D eigenvalue weighted by Gasteiger charge is -2.22. The molecule has 3 atom stereocenters. The summed E-state index contributed by atoms with van der Waals surface area (Å²) in [5, 5.41) is 39.5. The highest BCUT2D eigenvalue weighted by molar-refractivity contribution is 8.03. The second-order valence-electron chi connectivity index (χ2n) is 33.2. The molecule has 13 aromatic rings. The van der Waals surface area contributed by atoms with Gasteiger partial charge in [-0.2, -0.15) is 18.2 Å². The number of urea groups is 1. The molecule has 3 unspecified atom stereocenters. The molecular weight excluding hydrogens is 2150 g/mol. The Morgan fingerprint density at radius 3 is 1.88 bits per heavy atom. The molecule has 146 heavy (non-hydrogen) atoms. The third-order valence-corrected chi connectivity index (χ3v) is 31.3. The zero-order valence-electron chi connectivity index (χ0n) is 79.1. The number of hydrazine groups is 1. The van der Waals surface area contributed by atoms with Crippen molar-refractivity contribution < 1.29 is 83.3 Å². The van der Waals surface area contributed by atoms with Crippen LogP contribution in [0.15, 0.2) is 232 Å². The zero-order chi connectivity index (χ0) is 105. The molecule has 42 heteroatoms. The highest BCUT2D eigenvalue weighted by Crippen LogP contribution is 2.53. The van der Waals surface area contributed by atoms with Gasteiger partial charge in [-0.05, 0) is 184 Å². The molecule has 28 nitrogen and oxygen atoms in total. The second-order valence-corrected chi connectivity index (χ2v) is 43.1. The Kier molecular flexibility index (Phi) is 38.4. The van der Waals surface area contributed by atoms with Crippen LogP contribution in [0.5, 0.6) is 23.0 Å². The lowest BCUT2D eigenvalue weighted by atomic mass is 10.1. The molecule has 15 rings (SSSR count). The van der Waals surface area contributed by atoms with Gasteiger partial charge in [0.15, 0.2) is 25.4 Å². The number of carbonyl (C=O) groups is 6. The third-order valence-electron chi connectivity index (χ3n) is 22.7. The Hall–Kier alpha value is -11.8. The summed E-state index contributed by atoms with van der Waals surface area (Å²) < 4.78 is 92.4. The van der Waals surface area contributed by atoms with Crippen LogP contribution >= 0.6 is 139 Å². The molecule has 1 fully saturated rings. The topological polar surface area (TPSA) is 390 Å². The number of fused-ring (bicyclic) bond motifs is 6. The zero-order valence-corrected chi connectivity index (χ0v) is 90.0. The van der Waals surface area contributed by atoms with E-state index in [9.17, 15) is 59.8 Å². The molecule has 760 valence electrons. The van der Waals surface area contributed by atoms with Crippen LogP contribution in [0.2, 0.25) is 45.2 Å². The Bertz CT molecular complexity index is 7600. The number of thiazole rings is 1. The van der Waals surface area contributed by atoms with Gasteiger partial charge in [0, 0.05) is 63.5 Å². The Balaban J connectivity index is 0.000000186. The van der Waals surface area contributed by atoms with Gasteiger partial charge in [0.1, 0.15) is 50.5 Å². The monoisotopic (exact) mass is 2240 g/mol. The third kappa shape index (κ3) is 28.2. The van der Waals surface area contributed by atoms with E-state index in [2.05, 4.69) is 108 Å². The fourth-order valence-electron chi connectivity index (χ4n) is 15.5. The van der Waals surface area contributed by atoms with Gasteiger partial charge in [-0.3, -0.25) is 29.2 Å². The van der Waals surface area contributed by atoms with Gasteiger partial charge in [0.05, 0.1) is 118 Å². The normalized spacial score (nSPS) is 13.9. The molecule has 2 aliphatic rings. The number of phenols is 1. The highest BCUT2D eigenvalue weighted by Gasteiger charge is 2.43. The van der Waals surface area contributed by atoms with E-state index >= 15 is 0 Å². The summed E-state index contributed by atoms with van der Waals surface area (Å²) in [7, 11) is -7.24. The summed E-state index contributed by atoms with van der Waals surface area (Å²) in [4.78, 5) is 87.7. The maximum absolute atomic E-state index is 14.5. The summed E-state index contributed by atoms with van der Waals surface area (Å²) >= 11 is 61.8.